The highest BCUT2D eigenvalue weighted by Gasteiger charge is 2.05. The maximum Gasteiger partial charge on any atom is 0.134 e. The van der Waals surface area contributed by atoms with Crippen molar-refractivity contribution in [3.8, 4) is 0 Å². The van der Waals surface area contributed by atoms with E-state index in [1.165, 1.54) is 22.9 Å². The standard InChI is InChI=1S/C14H19NO/c1-3-7-15-8-6-12-10-16-14-5-4-11(2)9-13(12)14/h4-5,9-10,15H,3,6-8H2,1-2H3. The quantitative estimate of drug-likeness (QED) is 0.777. The predicted molar refractivity (Wildman–Crippen MR) is 67.8 cm³/mol. The molecule has 0 bridgehead atoms. The monoisotopic (exact) mass is 217 g/mol. The maximum atomic E-state index is 5.53. The Morgan fingerprint density at radius 3 is 2.94 bits per heavy atom. The fourth-order valence-corrected chi connectivity index (χ4v) is 1.91. The number of hydrogen-bond donors (Lipinski definition) is 1. The van der Waals surface area contributed by atoms with Crippen LogP contribution < -0.4 is 5.32 Å². The largest absolute Gasteiger partial charge is 0.464 e. The number of aryl methyl sites for hydroxylation is 1. The van der Waals surface area contributed by atoms with Gasteiger partial charge in [0, 0.05) is 5.39 Å². The van der Waals surface area contributed by atoms with E-state index >= 15 is 0 Å². The van der Waals surface area contributed by atoms with Gasteiger partial charge in [-0.15, -0.1) is 0 Å². The van der Waals surface area contributed by atoms with Crippen molar-refractivity contribution in [1.82, 2.24) is 5.32 Å². The van der Waals surface area contributed by atoms with Crippen LogP contribution in [0.15, 0.2) is 28.9 Å². The number of fused-ring (bicyclic) bond motifs is 1. The molecule has 0 saturated heterocycles. The van der Waals surface area contributed by atoms with Gasteiger partial charge in [0.1, 0.15) is 5.58 Å². The molecule has 2 aromatic rings. The molecule has 0 radical (unpaired) electrons. The summed E-state index contributed by atoms with van der Waals surface area (Å²) in [6.07, 6.45) is 4.11. The van der Waals surface area contributed by atoms with Crippen LogP contribution >= 0.6 is 0 Å². The van der Waals surface area contributed by atoms with E-state index in [-0.39, 0.29) is 0 Å². The first-order valence-corrected chi connectivity index (χ1v) is 5.98. The van der Waals surface area contributed by atoms with Gasteiger partial charge in [0.2, 0.25) is 0 Å². The van der Waals surface area contributed by atoms with Gasteiger partial charge in [0.25, 0.3) is 0 Å². The molecule has 16 heavy (non-hydrogen) atoms. The molecule has 0 aliphatic heterocycles. The summed E-state index contributed by atoms with van der Waals surface area (Å²) in [6.45, 7) is 6.42. The number of hydrogen-bond acceptors (Lipinski definition) is 2. The van der Waals surface area contributed by atoms with E-state index in [0.29, 0.717) is 0 Å². The molecule has 0 amide bonds. The van der Waals surface area contributed by atoms with E-state index in [1.807, 2.05) is 12.3 Å². The first-order valence-electron chi connectivity index (χ1n) is 5.98. The van der Waals surface area contributed by atoms with Gasteiger partial charge in [0.15, 0.2) is 0 Å². The molecular formula is C14H19NO. The molecule has 1 aromatic carbocycles. The second-order valence-corrected chi connectivity index (χ2v) is 4.26. The molecule has 0 saturated carbocycles. The van der Waals surface area contributed by atoms with Crippen molar-refractivity contribution in [2.45, 2.75) is 26.7 Å². The fourth-order valence-electron chi connectivity index (χ4n) is 1.91. The third-order valence-corrected chi connectivity index (χ3v) is 2.81. The summed E-state index contributed by atoms with van der Waals surface area (Å²) in [5.41, 5.74) is 3.59. The Hall–Kier alpha value is -1.28. The molecule has 1 heterocycles. The van der Waals surface area contributed by atoms with Crippen LogP contribution in [0.25, 0.3) is 11.0 Å². The number of nitrogens with one attached hydrogen (secondary N) is 1. The van der Waals surface area contributed by atoms with E-state index in [9.17, 15) is 0 Å². The fraction of sp³-hybridized carbons (Fsp3) is 0.429. The Kier molecular flexibility index (Phi) is 3.62. The first kappa shape index (κ1) is 11.2. The van der Waals surface area contributed by atoms with Crippen LogP contribution in [-0.4, -0.2) is 13.1 Å². The molecule has 0 fully saturated rings. The van der Waals surface area contributed by atoms with Crippen molar-refractivity contribution >= 4 is 11.0 Å². The summed E-state index contributed by atoms with van der Waals surface area (Å²) >= 11 is 0. The smallest absolute Gasteiger partial charge is 0.134 e. The van der Waals surface area contributed by atoms with E-state index < -0.39 is 0 Å². The lowest BCUT2D eigenvalue weighted by atomic mass is 10.1. The van der Waals surface area contributed by atoms with Crippen molar-refractivity contribution in [3.05, 3.63) is 35.6 Å². The Balaban J connectivity index is 2.09. The predicted octanol–water partition coefficient (Wildman–Crippen LogP) is 3.28. The number of benzene rings is 1. The molecule has 0 aliphatic carbocycles. The molecule has 0 aliphatic rings. The normalized spacial score (nSPS) is 11.1. The Labute approximate surface area is 96.6 Å². The lowest BCUT2D eigenvalue weighted by molar-refractivity contribution is 0.605. The third-order valence-electron chi connectivity index (χ3n) is 2.81. The van der Waals surface area contributed by atoms with E-state index in [1.54, 1.807) is 0 Å². The van der Waals surface area contributed by atoms with Crippen molar-refractivity contribution in [3.63, 3.8) is 0 Å². The topological polar surface area (TPSA) is 25.2 Å². The van der Waals surface area contributed by atoms with Crippen LogP contribution in [0.4, 0.5) is 0 Å². The summed E-state index contributed by atoms with van der Waals surface area (Å²) in [5, 5.41) is 4.67. The molecule has 0 spiro atoms. The van der Waals surface area contributed by atoms with Crippen molar-refractivity contribution in [1.29, 1.82) is 0 Å². The van der Waals surface area contributed by atoms with Gasteiger partial charge >= 0.3 is 0 Å². The highest BCUT2D eigenvalue weighted by atomic mass is 16.3. The highest BCUT2D eigenvalue weighted by molar-refractivity contribution is 5.81. The highest BCUT2D eigenvalue weighted by Crippen LogP contribution is 2.22. The summed E-state index contributed by atoms with van der Waals surface area (Å²) in [4.78, 5) is 0. The van der Waals surface area contributed by atoms with Crippen LogP contribution in [-0.2, 0) is 6.42 Å². The van der Waals surface area contributed by atoms with Crippen LogP contribution in [0.2, 0.25) is 0 Å². The van der Waals surface area contributed by atoms with Gasteiger partial charge in [-0.3, -0.25) is 0 Å². The van der Waals surface area contributed by atoms with Gasteiger partial charge in [-0.05, 0) is 50.6 Å². The molecule has 0 atom stereocenters. The van der Waals surface area contributed by atoms with E-state index in [2.05, 4.69) is 31.3 Å². The lowest BCUT2D eigenvalue weighted by Crippen LogP contribution is -2.17. The summed E-state index contributed by atoms with van der Waals surface area (Å²) in [6, 6.07) is 6.34. The van der Waals surface area contributed by atoms with Gasteiger partial charge in [-0.25, -0.2) is 0 Å². The molecule has 1 aromatic heterocycles. The number of rotatable bonds is 5. The minimum atomic E-state index is 0.996. The van der Waals surface area contributed by atoms with Crippen molar-refractivity contribution in [2.24, 2.45) is 0 Å². The molecule has 2 nitrogen and oxygen atoms in total. The zero-order valence-electron chi connectivity index (χ0n) is 10.0. The van der Waals surface area contributed by atoms with Gasteiger partial charge in [-0.2, -0.15) is 0 Å². The van der Waals surface area contributed by atoms with Crippen molar-refractivity contribution in [2.75, 3.05) is 13.1 Å². The van der Waals surface area contributed by atoms with Crippen LogP contribution in [0.5, 0.6) is 0 Å². The number of furan rings is 1. The summed E-state index contributed by atoms with van der Waals surface area (Å²) in [7, 11) is 0. The van der Waals surface area contributed by atoms with Crippen LogP contribution in [0.1, 0.15) is 24.5 Å². The molecule has 2 heteroatoms. The van der Waals surface area contributed by atoms with Crippen LogP contribution in [0.3, 0.4) is 0 Å². The van der Waals surface area contributed by atoms with Gasteiger partial charge < -0.3 is 9.73 Å². The Bertz CT molecular complexity index is 459. The average Bonchev–Trinajstić information content (AvgIpc) is 2.67. The van der Waals surface area contributed by atoms with Crippen molar-refractivity contribution < 1.29 is 4.42 Å². The second-order valence-electron chi connectivity index (χ2n) is 4.26. The molecule has 0 unspecified atom stereocenters. The Morgan fingerprint density at radius 1 is 1.25 bits per heavy atom. The molecule has 1 N–H and O–H groups in total. The second kappa shape index (κ2) is 5.17. The average molecular weight is 217 g/mol. The zero-order chi connectivity index (χ0) is 11.4. The molecular weight excluding hydrogens is 198 g/mol. The third kappa shape index (κ3) is 2.45. The minimum absolute atomic E-state index is 0.996. The zero-order valence-corrected chi connectivity index (χ0v) is 10.0. The lowest BCUT2D eigenvalue weighted by Gasteiger charge is -2.01. The van der Waals surface area contributed by atoms with E-state index in [0.717, 1.165) is 25.1 Å². The van der Waals surface area contributed by atoms with E-state index in [4.69, 9.17) is 4.42 Å². The van der Waals surface area contributed by atoms with Gasteiger partial charge in [-0.1, -0.05) is 18.6 Å². The van der Waals surface area contributed by atoms with Crippen LogP contribution in [0, 0.1) is 6.92 Å². The summed E-state index contributed by atoms with van der Waals surface area (Å²) < 4.78 is 5.53. The Morgan fingerprint density at radius 2 is 2.12 bits per heavy atom. The molecule has 2 rings (SSSR count). The van der Waals surface area contributed by atoms with Gasteiger partial charge in [0.05, 0.1) is 6.26 Å². The SMILES string of the molecule is CCCNCCc1coc2ccc(C)cc12. The molecule has 86 valence electrons. The minimum Gasteiger partial charge on any atom is -0.464 e. The first-order chi connectivity index (χ1) is 7.81. The maximum absolute atomic E-state index is 5.53. The summed E-state index contributed by atoms with van der Waals surface area (Å²) in [5.74, 6) is 0.